The van der Waals surface area contributed by atoms with Gasteiger partial charge < -0.3 is 30.2 Å². The van der Waals surface area contributed by atoms with Crippen molar-refractivity contribution in [2.24, 2.45) is 5.73 Å². The maximum atomic E-state index is 14.0. The minimum atomic E-state index is -4.29. The van der Waals surface area contributed by atoms with Crippen LogP contribution < -0.4 is 15.8 Å². The first-order valence-corrected chi connectivity index (χ1v) is 16.3. The number of ether oxygens (including phenoxy) is 3. The lowest BCUT2D eigenvalue weighted by atomic mass is 10.0. The van der Waals surface area contributed by atoms with Crippen LogP contribution in [0.3, 0.4) is 0 Å². The molecule has 0 aliphatic rings. The summed E-state index contributed by atoms with van der Waals surface area (Å²) in [5.74, 6) is -1.46. The molecule has 16 heteroatoms. The Balaban J connectivity index is 2.37. The normalized spacial score (nSPS) is 13.0. The van der Waals surface area contributed by atoms with Gasteiger partial charge in [-0.2, -0.15) is 0 Å². The summed E-state index contributed by atoms with van der Waals surface area (Å²) in [4.78, 5) is 40.3. The van der Waals surface area contributed by atoms with Crippen molar-refractivity contribution in [3.05, 3.63) is 63.1 Å². The van der Waals surface area contributed by atoms with Gasteiger partial charge in [-0.3, -0.25) is 9.59 Å². The monoisotopic (exact) mass is 694 g/mol. The van der Waals surface area contributed by atoms with Crippen molar-refractivity contribution in [1.29, 1.82) is 0 Å². The lowest BCUT2D eigenvalue weighted by molar-refractivity contribution is -0.163. The highest BCUT2D eigenvalue weighted by Crippen LogP contribution is 2.25. The molecule has 0 radical (unpaired) electrons. The van der Waals surface area contributed by atoms with Crippen LogP contribution in [0.25, 0.3) is 0 Å². The van der Waals surface area contributed by atoms with Crippen molar-refractivity contribution < 1.29 is 37.0 Å². The predicted molar refractivity (Wildman–Crippen MR) is 167 cm³/mol. The van der Waals surface area contributed by atoms with Crippen molar-refractivity contribution in [1.82, 2.24) is 14.9 Å². The van der Waals surface area contributed by atoms with E-state index in [0.717, 1.165) is 0 Å². The van der Waals surface area contributed by atoms with Crippen molar-refractivity contribution in [2.45, 2.75) is 63.5 Å². The van der Waals surface area contributed by atoms with Gasteiger partial charge in [0.1, 0.15) is 10.9 Å². The predicted octanol–water partition coefficient (Wildman–Crippen LogP) is 3.75. The first-order valence-electron chi connectivity index (χ1n) is 13.7. The first kappa shape index (κ1) is 37.5. The van der Waals surface area contributed by atoms with E-state index in [-0.39, 0.29) is 33.9 Å². The minimum absolute atomic E-state index is 0.0221. The average molecular weight is 696 g/mol. The molecule has 3 amide bonds. The van der Waals surface area contributed by atoms with Gasteiger partial charge in [0.25, 0.3) is 5.91 Å². The van der Waals surface area contributed by atoms with E-state index in [0.29, 0.717) is 23.8 Å². The number of benzene rings is 2. The zero-order valence-corrected chi connectivity index (χ0v) is 27.8. The molecule has 0 saturated heterocycles. The summed E-state index contributed by atoms with van der Waals surface area (Å²) in [5, 5.41) is 3.12. The summed E-state index contributed by atoms with van der Waals surface area (Å²) in [7, 11) is -4.29. The van der Waals surface area contributed by atoms with E-state index >= 15 is 0 Å². The number of primary amides is 1. The van der Waals surface area contributed by atoms with Crippen LogP contribution in [0.15, 0.2) is 47.4 Å². The number of nitrogens with two attached hydrogens (primary N) is 1. The third-order valence-electron chi connectivity index (χ3n) is 6.12. The molecule has 4 N–H and O–H groups in total. The SMILES string of the molecule is CCOC(CN(C(=O)C(Cc1ccc(Cl)cc1)NC(=O)C(CNS(=O)(=O)c1ccc(Cl)cc1Cl)OC(N)=O)C(C)C)OCC. The largest absolute Gasteiger partial charge is 0.435 e. The molecule has 0 spiro atoms. The molecule has 2 aromatic rings. The number of hydrogen-bond donors (Lipinski definition) is 3. The summed E-state index contributed by atoms with van der Waals surface area (Å²) in [6.07, 6.45) is -3.78. The number of sulfonamides is 1. The topological polar surface area (TPSA) is 166 Å². The second-order valence-electron chi connectivity index (χ2n) is 9.67. The molecular formula is C28H37Cl3N4O8S. The molecule has 0 aliphatic heterocycles. The van der Waals surface area contributed by atoms with Gasteiger partial charge in [-0.25, -0.2) is 17.9 Å². The number of carbonyl (C=O) groups excluding carboxylic acids is 3. The first-order chi connectivity index (χ1) is 20.7. The maximum Gasteiger partial charge on any atom is 0.405 e. The lowest BCUT2D eigenvalue weighted by Gasteiger charge is -2.34. The zero-order valence-electron chi connectivity index (χ0n) is 24.7. The summed E-state index contributed by atoms with van der Waals surface area (Å²) in [5.41, 5.74) is 5.84. The molecule has 12 nitrogen and oxygen atoms in total. The Labute approximate surface area is 272 Å². The van der Waals surface area contributed by atoms with Crippen LogP contribution in [0, 0.1) is 0 Å². The van der Waals surface area contributed by atoms with Gasteiger partial charge >= 0.3 is 6.09 Å². The van der Waals surface area contributed by atoms with Gasteiger partial charge in [-0.1, -0.05) is 46.9 Å². The van der Waals surface area contributed by atoms with Gasteiger partial charge in [0.15, 0.2) is 12.4 Å². The van der Waals surface area contributed by atoms with E-state index in [1.54, 1.807) is 52.0 Å². The number of amides is 3. The van der Waals surface area contributed by atoms with Gasteiger partial charge in [0, 0.05) is 35.7 Å². The third kappa shape index (κ3) is 11.7. The molecule has 2 rings (SSSR count). The maximum absolute atomic E-state index is 14.0. The van der Waals surface area contributed by atoms with Crippen LogP contribution in [0.2, 0.25) is 15.1 Å². The number of rotatable bonds is 17. The fourth-order valence-corrected chi connectivity index (χ4v) is 5.97. The van der Waals surface area contributed by atoms with Gasteiger partial charge in [0.05, 0.1) is 18.1 Å². The number of hydrogen-bond acceptors (Lipinski definition) is 8. The smallest absolute Gasteiger partial charge is 0.405 e. The fraction of sp³-hybridized carbons (Fsp3) is 0.464. The molecule has 44 heavy (non-hydrogen) atoms. The van der Waals surface area contributed by atoms with Gasteiger partial charge in [-0.05, 0) is 63.6 Å². The average Bonchev–Trinajstić information content (AvgIpc) is 2.94. The molecule has 0 heterocycles. The summed E-state index contributed by atoms with van der Waals surface area (Å²) >= 11 is 17.9. The molecule has 2 aromatic carbocycles. The number of carbonyl (C=O) groups is 3. The molecule has 0 saturated carbocycles. The number of nitrogens with zero attached hydrogens (tertiary/aromatic N) is 1. The summed E-state index contributed by atoms with van der Waals surface area (Å²) in [6, 6.07) is 8.87. The number of nitrogens with one attached hydrogen (secondary N) is 2. The molecule has 0 aromatic heterocycles. The van der Waals surface area contributed by atoms with Crippen LogP contribution in [0.5, 0.6) is 0 Å². The molecule has 0 bridgehead atoms. The van der Waals surface area contributed by atoms with Crippen molar-refractivity contribution >= 4 is 62.7 Å². The minimum Gasteiger partial charge on any atom is -0.435 e. The zero-order chi connectivity index (χ0) is 33.0. The molecule has 244 valence electrons. The van der Waals surface area contributed by atoms with E-state index in [9.17, 15) is 22.8 Å². The second kappa shape index (κ2) is 17.7. The fourth-order valence-electron chi connectivity index (χ4n) is 4.05. The van der Waals surface area contributed by atoms with Crippen molar-refractivity contribution in [3.8, 4) is 0 Å². The Kier molecular flexibility index (Phi) is 15.1. The van der Waals surface area contributed by atoms with Crippen molar-refractivity contribution in [3.63, 3.8) is 0 Å². The van der Waals surface area contributed by atoms with Crippen molar-refractivity contribution in [2.75, 3.05) is 26.3 Å². The van der Waals surface area contributed by atoms with Crippen LogP contribution in [0.1, 0.15) is 33.3 Å². The van der Waals surface area contributed by atoms with Gasteiger partial charge in [-0.15, -0.1) is 0 Å². The van der Waals surface area contributed by atoms with E-state index in [2.05, 4.69) is 10.0 Å². The highest BCUT2D eigenvalue weighted by atomic mass is 35.5. The Morgan fingerprint density at radius 3 is 2.07 bits per heavy atom. The Bertz CT molecular complexity index is 1370. The summed E-state index contributed by atoms with van der Waals surface area (Å²) < 4.78 is 44.2. The van der Waals surface area contributed by atoms with E-state index in [1.165, 1.54) is 23.1 Å². The molecule has 2 unspecified atom stereocenters. The summed E-state index contributed by atoms with van der Waals surface area (Å²) in [6.45, 7) is 7.22. The molecule has 0 aliphatic carbocycles. The Morgan fingerprint density at radius 2 is 1.55 bits per heavy atom. The standard InChI is InChI=1S/C28H37Cl3N4O8S/c1-5-41-25(42-6-2)16-35(17(3)4)27(37)22(13-18-7-9-19(29)10-8-18)34-26(36)23(43-28(32)38)15-33-44(39,40)24-12-11-20(30)14-21(24)31/h7-12,14,17,22-23,25,33H,5-6,13,15-16H2,1-4H3,(H2,32,38)(H,34,36). The quantitative estimate of drug-likeness (QED) is 0.211. The van der Waals surface area contributed by atoms with Crippen LogP contribution in [-0.4, -0.2) is 82.0 Å². The molecule has 2 atom stereocenters. The Morgan fingerprint density at radius 1 is 0.955 bits per heavy atom. The Hall–Kier alpha value is -2.65. The van der Waals surface area contributed by atoms with Crippen LogP contribution in [0.4, 0.5) is 4.79 Å². The van der Waals surface area contributed by atoms with E-state index in [1.807, 2.05) is 0 Å². The highest BCUT2D eigenvalue weighted by molar-refractivity contribution is 7.89. The van der Waals surface area contributed by atoms with Crippen LogP contribution >= 0.6 is 34.8 Å². The third-order valence-corrected chi connectivity index (χ3v) is 8.51. The highest BCUT2D eigenvalue weighted by Gasteiger charge is 2.33. The number of halogens is 3. The molecular weight excluding hydrogens is 659 g/mol. The molecule has 0 fully saturated rings. The van der Waals surface area contributed by atoms with E-state index in [4.69, 9.17) is 54.7 Å². The van der Waals surface area contributed by atoms with Gasteiger partial charge in [0.2, 0.25) is 15.9 Å². The second-order valence-corrected chi connectivity index (χ2v) is 12.7. The van der Waals surface area contributed by atoms with Crippen LogP contribution in [-0.2, 0) is 40.2 Å². The van der Waals surface area contributed by atoms with E-state index < -0.39 is 52.9 Å². The lowest BCUT2D eigenvalue weighted by Crippen LogP contribution is -2.56.